The molecule has 0 atom stereocenters. The molecule has 0 unspecified atom stereocenters. The lowest BCUT2D eigenvalue weighted by Gasteiger charge is -2.15. The van der Waals surface area contributed by atoms with E-state index in [1.807, 2.05) is 42.8 Å². The molecular formula is C21H26N6O2S. The van der Waals surface area contributed by atoms with E-state index in [0.29, 0.717) is 19.0 Å². The van der Waals surface area contributed by atoms with Crippen LogP contribution in [0.4, 0.5) is 0 Å². The quantitative estimate of drug-likeness (QED) is 0.412. The number of aromatic nitrogens is 2. The highest BCUT2D eigenvalue weighted by Crippen LogP contribution is 2.17. The Hall–Kier alpha value is -3.17. The molecule has 30 heavy (non-hydrogen) atoms. The summed E-state index contributed by atoms with van der Waals surface area (Å²) in [5, 5.41) is 16.2. The fourth-order valence-corrected chi connectivity index (χ4v) is 3.64. The number of nitrogens with zero attached hydrogens (tertiary/aromatic N) is 3. The van der Waals surface area contributed by atoms with Gasteiger partial charge in [-0.3, -0.25) is 4.99 Å². The van der Waals surface area contributed by atoms with Gasteiger partial charge in [0.2, 0.25) is 10.0 Å². The Morgan fingerprint density at radius 2 is 1.73 bits per heavy atom. The van der Waals surface area contributed by atoms with Crippen molar-refractivity contribution in [2.24, 2.45) is 10.1 Å². The number of rotatable bonds is 6. The van der Waals surface area contributed by atoms with Gasteiger partial charge in [0, 0.05) is 25.8 Å². The largest absolute Gasteiger partial charge is 0.352 e. The first-order valence-electron chi connectivity index (χ1n) is 9.46. The second-order valence-electron chi connectivity index (χ2n) is 6.94. The molecule has 0 aliphatic heterocycles. The molecule has 0 aliphatic rings. The molecule has 8 nitrogen and oxygen atoms in total. The number of nitrogens with two attached hydrogens (primary N) is 1. The minimum atomic E-state index is -3.69. The predicted molar refractivity (Wildman–Crippen MR) is 118 cm³/mol. The van der Waals surface area contributed by atoms with Crippen LogP contribution in [0, 0.1) is 13.8 Å². The van der Waals surface area contributed by atoms with Crippen LogP contribution in [0.1, 0.15) is 22.5 Å². The Kier molecular flexibility index (Phi) is 6.53. The van der Waals surface area contributed by atoms with Gasteiger partial charge in [-0.15, -0.1) is 0 Å². The van der Waals surface area contributed by atoms with Crippen LogP contribution < -0.4 is 15.8 Å². The molecule has 1 heterocycles. The first-order chi connectivity index (χ1) is 14.3. The Balaban J connectivity index is 1.65. The molecule has 0 saturated heterocycles. The van der Waals surface area contributed by atoms with Crippen molar-refractivity contribution in [3.63, 3.8) is 0 Å². The number of guanidine groups is 1. The van der Waals surface area contributed by atoms with Crippen molar-refractivity contribution in [2.75, 3.05) is 7.05 Å². The van der Waals surface area contributed by atoms with E-state index in [2.05, 4.69) is 26.8 Å². The van der Waals surface area contributed by atoms with Crippen LogP contribution in [0.15, 0.2) is 64.5 Å². The van der Waals surface area contributed by atoms with Gasteiger partial charge in [-0.05, 0) is 49.2 Å². The van der Waals surface area contributed by atoms with Crippen LogP contribution in [0.2, 0.25) is 0 Å². The molecule has 0 aliphatic carbocycles. The van der Waals surface area contributed by atoms with Crippen molar-refractivity contribution in [1.29, 1.82) is 0 Å². The van der Waals surface area contributed by atoms with Crippen molar-refractivity contribution < 1.29 is 8.42 Å². The monoisotopic (exact) mass is 426 g/mol. The first-order valence-corrected chi connectivity index (χ1v) is 11.0. The number of primary sulfonamides is 1. The Morgan fingerprint density at radius 3 is 2.33 bits per heavy atom. The van der Waals surface area contributed by atoms with Crippen molar-refractivity contribution in [2.45, 2.75) is 31.8 Å². The zero-order valence-electron chi connectivity index (χ0n) is 17.3. The number of nitrogens with one attached hydrogen (secondary N) is 2. The Labute approximate surface area is 176 Å². The third-order valence-corrected chi connectivity index (χ3v) is 5.54. The van der Waals surface area contributed by atoms with Gasteiger partial charge in [-0.2, -0.15) is 5.10 Å². The molecule has 0 bridgehead atoms. The lowest BCUT2D eigenvalue weighted by molar-refractivity contribution is 0.597. The fourth-order valence-electron chi connectivity index (χ4n) is 3.12. The predicted octanol–water partition coefficient (Wildman–Crippen LogP) is 2.00. The van der Waals surface area contributed by atoms with E-state index in [4.69, 9.17) is 5.14 Å². The van der Waals surface area contributed by atoms with Gasteiger partial charge in [-0.25, -0.2) is 18.2 Å². The molecule has 1 aromatic heterocycles. The molecule has 3 aromatic rings. The summed E-state index contributed by atoms with van der Waals surface area (Å²) in [6, 6.07) is 16.6. The van der Waals surface area contributed by atoms with Crippen molar-refractivity contribution in [3.8, 4) is 5.69 Å². The highest BCUT2D eigenvalue weighted by atomic mass is 32.2. The van der Waals surface area contributed by atoms with Gasteiger partial charge in [0.15, 0.2) is 5.96 Å². The van der Waals surface area contributed by atoms with Gasteiger partial charge in [0.1, 0.15) is 0 Å². The lowest BCUT2D eigenvalue weighted by atomic mass is 10.1. The maximum Gasteiger partial charge on any atom is 0.238 e. The fraction of sp³-hybridized carbons (Fsp3) is 0.238. The zero-order valence-corrected chi connectivity index (χ0v) is 18.1. The lowest BCUT2D eigenvalue weighted by Crippen LogP contribution is -2.36. The van der Waals surface area contributed by atoms with Crippen LogP contribution >= 0.6 is 0 Å². The van der Waals surface area contributed by atoms with E-state index < -0.39 is 10.0 Å². The molecule has 0 amide bonds. The number of aryl methyl sites for hydroxylation is 2. The number of para-hydroxylation sites is 1. The van der Waals surface area contributed by atoms with Crippen LogP contribution in [-0.4, -0.2) is 31.2 Å². The first kappa shape index (κ1) is 21.5. The SMILES string of the molecule is CN=C(NCc1ccc(S(N)(=O)=O)cc1)NCc1ccccc1-n1nc(C)cc1C. The number of aliphatic imine (C=N–C) groups is 1. The maximum absolute atomic E-state index is 11.4. The Bertz CT molecular complexity index is 1150. The summed E-state index contributed by atoms with van der Waals surface area (Å²) >= 11 is 0. The molecule has 158 valence electrons. The highest BCUT2D eigenvalue weighted by Gasteiger charge is 2.10. The van der Waals surface area contributed by atoms with Gasteiger partial charge in [-0.1, -0.05) is 30.3 Å². The zero-order chi connectivity index (χ0) is 21.7. The number of sulfonamides is 1. The minimum absolute atomic E-state index is 0.0921. The molecule has 0 radical (unpaired) electrons. The molecule has 3 rings (SSSR count). The molecular weight excluding hydrogens is 400 g/mol. The van der Waals surface area contributed by atoms with Gasteiger partial charge in [0.25, 0.3) is 0 Å². The number of hydrogen-bond acceptors (Lipinski definition) is 4. The van der Waals surface area contributed by atoms with Gasteiger partial charge in [0.05, 0.1) is 16.3 Å². The highest BCUT2D eigenvalue weighted by molar-refractivity contribution is 7.89. The van der Waals surface area contributed by atoms with Crippen LogP contribution in [0.3, 0.4) is 0 Å². The van der Waals surface area contributed by atoms with Gasteiger partial charge >= 0.3 is 0 Å². The summed E-state index contributed by atoms with van der Waals surface area (Å²) in [5.74, 6) is 0.633. The van der Waals surface area contributed by atoms with Crippen molar-refractivity contribution in [3.05, 3.63) is 77.1 Å². The molecule has 0 spiro atoms. The van der Waals surface area contributed by atoms with E-state index in [0.717, 1.165) is 28.2 Å². The minimum Gasteiger partial charge on any atom is -0.352 e. The number of benzene rings is 2. The molecule has 0 fully saturated rings. The van der Waals surface area contributed by atoms with E-state index in [-0.39, 0.29) is 4.90 Å². The van der Waals surface area contributed by atoms with Crippen molar-refractivity contribution in [1.82, 2.24) is 20.4 Å². The standard InChI is InChI=1S/C21H26N6O2S/c1-15-12-16(2)27(26-15)20-7-5-4-6-18(20)14-25-21(23-3)24-13-17-8-10-19(11-9-17)30(22,28)29/h4-12H,13-14H2,1-3H3,(H2,22,28,29)(H2,23,24,25). The average molecular weight is 427 g/mol. The summed E-state index contributed by atoms with van der Waals surface area (Å²) < 4.78 is 24.7. The summed E-state index contributed by atoms with van der Waals surface area (Å²) in [6.07, 6.45) is 0. The topological polar surface area (TPSA) is 114 Å². The molecule has 2 aromatic carbocycles. The average Bonchev–Trinajstić information content (AvgIpc) is 3.06. The van der Waals surface area contributed by atoms with E-state index in [9.17, 15) is 8.42 Å². The second-order valence-corrected chi connectivity index (χ2v) is 8.50. The molecule has 0 saturated carbocycles. The smallest absolute Gasteiger partial charge is 0.238 e. The normalized spacial score (nSPS) is 12.1. The van der Waals surface area contributed by atoms with Crippen LogP contribution in [0.5, 0.6) is 0 Å². The summed E-state index contributed by atoms with van der Waals surface area (Å²) in [6.45, 7) is 5.07. The maximum atomic E-state index is 11.4. The van der Waals surface area contributed by atoms with Gasteiger partial charge < -0.3 is 10.6 Å². The number of hydrogen-bond donors (Lipinski definition) is 3. The summed E-state index contributed by atoms with van der Waals surface area (Å²) in [4.78, 5) is 4.35. The summed E-state index contributed by atoms with van der Waals surface area (Å²) in [5.41, 5.74) is 5.06. The van der Waals surface area contributed by atoms with Crippen molar-refractivity contribution >= 4 is 16.0 Å². The van der Waals surface area contributed by atoms with E-state index >= 15 is 0 Å². The summed E-state index contributed by atoms with van der Waals surface area (Å²) in [7, 11) is -1.99. The third kappa shape index (κ3) is 5.25. The molecule has 4 N–H and O–H groups in total. The Morgan fingerprint density at radius 1 is 1.07 bits per heavy atom. The van der Waals surface area contributed by atoms with Crippen LogP contribution in [0.25, 0.3) is 5.69 Å². The van der Waals surface area contributed by atoms with E-state index in [1.165, 1.54) is 12.1 Å². The molecule has 9 heteroatoms. The van der Waals surface area contributed by atoms with E-state index in [1.54, 1.807) is 19.2 Å². The van der Waals surface area contributed by atoms with Crippen LogP contribution in [-0.2, 0) is 23.1 Å². The second kappa shape index (κ2) is 9.10. The third-order valence-electron chi connectivity index (χ3n) is 4.61.